The van der Waals surface area contributed by atoms with Crippen LogP contribution in [0.3, 0.4) is 0 Å². The van der Waals surface area contributed by atoms with Crippen LogP contribution < -0.4 is 5.32 Å². The van der Waals surface area contributed by atoms with Gasteiger partial charge in [-0.15, -0.1) is 0 Å². The Morgan fingerprint density at radius 2 is 2.05 bits per heavy atom. The Labute approximate surface area is 117 Å². The van der Waals surface area contributed by atoms with Crippen LogP contribution in [0.5, 0.6) is 0 Å². The molecule has 0 bridgehead atoms. The maximum absolute atomic E-state index is 13.0. The number of carboxylic acids is 1. The summed E-state index contributed by atoms with van der Waals surface area (Å²) in [6.07, 6.45) is 0.753. The van der Waals surface area contributed by atoms with E-state index in [0.29, 0.717) is 6.54 Å². The average Bonchev–Trinajstić information content (AvgIpc) is 2.41. The van der Waals surface area contributed by atoms with Crippen LogP contribution in [0.4, 0.5) is 10.1 Å². The monoisotopic (exact) mass is 273 g/mol. The minimum Gasteiger partial charge on any atom is -0.478 e. The molecular formula is C16H16FNO2. The van der Waals surface area contributed by atoms with E-state index in [0.717, 1.165) is 23.2 Å². The maximum atomic E-state index is 13.0. The molecule has 2 aromatic carbocycles. The first kappa shape index (κ1) is 14.1. The molecule has 0 amide bonds. The lowest BCUT2D eigenvalue weighted by Crippen LogP contribution is -2.07. The third-order valence-electron chi connectivity index (χ3n) is 3.14. The zero-order valence-corrected chi connectivity index (χ0v) is 11.2. The van der Waals surface area contributed by atoms with Gasteiger partial charge >= 0.3 is 5.97 Å². The fourth-order valence-electron chi connectivity index (χ4n) is 2.04. The Bertz CT molecular complexity index is 626. The molecule has 0 aromatic heterocycles. The molecule has 0 spiro atoms. The van der Waals surface area contributed by atoms with E-state index in [2.05, 4.69) is 5.32 Å². The molecule has 20 heavy (non-hydrogen) atoms. The number of anilines is 1. The van der Waals surface area contributed by atoms with Crippen LogP contribution in [0.2, 0.25) is 0 Å². The van der Waals surface area contributed by atoms with Gasteiger partial charge in [0.25, 0.3) is 0 Å². The molecule has 2 rings (SSSR count). The van der Waals surface area contributed by atoms with Crippen molar-refractivity contribution in [2.24, 2.45) is 0 Å². The highest BCUT2D eigenvalue weighted by Gasteiger charge is 2.03. The lowest BCUT2D eigenvalue weighted by molar-refractivity contribution is 0.0697. The first-order valence-electron chi connectivity index (χ1n) is 6.38. The first-order valence-corrected chi connectivity index (χ1v) is 6.38. The van der Waals surface area contributed by atoms with Gasteiger partial charge in [-0.25, -0.2) is 9.18 Å². The number of rotatable bonds is 5. The molecule has 3 nitrogen and oxygen atoms in total. The first-order chi connectivity index (χ1) is 9.56. The van der Waals surface area contributed by atoms with E-state index in [4.69, 9.17) is 5.11 Å². The van der Waals surface area contributed by atoms with E-state index < -0.39 is 5.97 Å². The summed E-state index contributed by atoms with van der Waals surface area (Å²) in [5.41, 5.74) is 3.03. The quantitative estimate of drug-likeness (QED) is 0.876. The molecule has 0 aliphatic rings. The van der Waals surface area contributed by atoms with Crippen LogP contribution in [0, 0.1) is 12.7 Å². The Morgan fingerprint density at radius 1 is 1.25 bits per heavy atom. The molecule has 2 aromatic rings. The number of carbonyl (C=O) groups is 1. The second-order valence-corrected chi connectivity index (χ2v) is 4.63. The molecule has 0 heterocycles. The zero-order valence-electron chi connectivity index (χ0n) is 11.2. The van der Waals surface area contributed by atoms with E-state index in [-0.39, 0.29) is 11.4 Å². The number of aromatic carboxylic acids is 1. The molecular weight excluding hydrogens is 257 g/mol. The van der Waals surface area contributed by atoms with Gasteiger partial charge in [0, 0.05) is 12.2 Å². The van der Waals surface area contributed by atoms with Crippen LogP contribution in [-0.2, 0) is 6.42 Å². The predicted octanol–water partition coefficient (Wildman–Crippen LogP) is 3.49. The standard InChI is InChI=1S/C16H16FNO2/c1-11-9-14(17)6-5-12(11)7-8-18-15-4-2-3-13(10-15)16(19)20/h2-6,9-10,18H,7-8H2,1H3,(H,19,20). The fourth-order valence-corrected chi connectivity index (χ4v) is 2.04. The van der Waals surface area contributed by atoms with Gasteiger partial charge in [0.05, 0.1) is 5.56 Å². The molecule has 0 unspecified atom stereocenters. The highest BCUT2D eigenvalue weighted by molar-refractivity contribution is 5.88. The number of halogens is 1. The number of aryl methyl sites for hydroxylation is 1. The van der Waals surface area contributed by atoms with E-state index in [1.54, 1.807) is 24.3 Å². The second kappa shape index (κ2) is 6.19. The molecule has 4 heteroatoms. The summed E-state index contributed by atoms with van der Waals surface area (Å²) in [5, 5.41) is 12.1. The van der Waals surface area contributed by atoms with Gasteiger partial charge in [0.2, 0.25) is 0 Å². The molecule has 104 valence electrons. The number of benzene rings is 2. The van der Waals surface area contributed by atoms with Crippen molar-refractivity contribution >= 4 is 11.7 Å². The minimum atomic E-state index is -0.942. The van der Waals surface area contributed by atoms with Gasteiger partial charge in [0.1, 0.15) is 5.82 Å². The Hall–Kier alpha value is -2.36. The normalized spacial score (nSPS) is 10.3. The SMILES string of the molecule is Cc1cc(F)ccc1CCNc1cccc(C(=O)O)c1. The fraction of sp³-hybridized carbons (Fsp3) is 0.188. The van der Waals surface area contributed by atoms with Crippen molar-refractivity contribution in [2.45, 2.75) is 13.3 Å². The maximum Gasteiger partial charge on any atom is 0.335 e. The summed E-state index contributed by atoms with van der Waals surface area (Å²) in [4.78, 5) is 10.9. The van der Waals surface area contributed by atoms with Crippen LogP contribution in [0.15, 0.2) is 42.5 Å². The highest BCUT2D eigenvalue weighted by atomic mass is 19.1. The van der Waals surface area contributed by atoms with E-state index in [1.807, 2.05) is 13.0 Å². The third-order valence-corrected chi connectivity index (χ3v) is 3.14. The molecule has 0 aliphatic carbocycles. The molecule has 0 atom stereocenters. The highest BCUT2D eigenvalue weighted by Crippen LogP contribution is 2.13. The lowest BCUT2D eigenvalue weighted by Gasteiger charge is -2.09. The van der Waals surface area contributed by atoms with Gasteiger partial charge in [0.15, 0.2) is 0 Å². The summed E-state index contributed by atoms with van der Waals surface area (Å²) in [6, 6.07) is 11.4. The summed E-state index contributed by atoms with van der Waals surface area (Å²) in [5.74, 6) is -1.17. The molecule has 2 N–H and O–H groups in total. The predicted molar refractivity (Wildman–Crippen MR) is 76.7 cm³/mol. The van der Waals surface area contributed by atoms with Crippen molar-refractivity contribution in [2.75, 3.05) is 11.9 Å². The number of hydrogen-bond acceptors (Lipinski definition) is 2. The average molecular weight is 273 g/mol. The van der Waals surface area contributed by atoms with Crippen LogP contribution in [-0.4, -0.2) is 17.6 Å². The topological polar surface area (TPSA) is 49.3 Å². The van der Waals surface area contributed by atoms with Gasteiger partial charge in [-0.05, 0) is 54.8 Å². The third kappa shape index (κ3) is 3.57. The molecule has 0 saturated heterocycles. The van der Waals surface area contributed by atoms with Gasteiger partial charge in [-0.1, -0.05) is 12.1 Å². The molecule has 0 saturated carbocycles. The zero-order chi connectivity index (χ0) is 14.5. The Kier molecular flexibility index (Phi) is 4.35. The molecule has 0 fully saturated rings. The summed E-state index contributed by atoms with van der Waals surface area (Å²) < 4.78 is 13.0. The lowest BCUT2D eigenvalue weighted by atomic mass is 10.1. The van der Waals surface area contributed by atoms with Crippen molar-refractivity contribution in [3.8, 4) is 0 Å². The molecule has 0 radical (unpaired) electrons. The Balaban J connectivity index is 1.96. The minimum absolute atomic E-state index is 0.228. The largest absolute Gasteiger partial charge is 0.478 e. The summed E-state index contributed by atoms with van der Waals surface area (Å²) in [7, 11) is 0. The van der Waals surface area contributed by atoms with Crippen LogP contribution in [0.1, 0.15) is 21.5 Å². The van der Waals surface area contributed by atoms with Gasteiger partial charge in [-0.3, -0.25) is 0 Å². The van der Waals surface area contributed by atoms with Gasteiger partial charge in [-0.2, -0.15) is 0 Å². The summed E-state index contributed by atoms with van der Waals surface area (Å²) >= 11 is 0. The van der Waals surface area contributed by atoms with E-state index in [1.165, 1.54) is 12.1 Å². The van der Waals surface area contributed by atoms with Crippen molar-refractivity contribution < 1.29 is 14.3 Å². The number of carboxylic acid groups (broad SMARTS) is 1. The van der Waals surface area contributed by atoms with Gasteiger partial charge < -0.3 is 10.4 Å². The van der Waals surface area contributed by atoms with Crippen molar-refractivity contribution in [3.63, 3.8) is 0 Å². The number of hydrogen-bond donors (Lipinski definition) is 2. The van der Waals surface area contributed by atoms with Crippen molar-refractivity contribution in [1.82, 2.24) is 0 Å². The molecule has 0 aliphatic heterocycles. The van der Waals surface area contributed by atoms with E-state index >= 15 is 0 Å². The summed E-state index contributed by atoms with van der Waals surface area (Å²) in [6.45, 7) is 2.54. The van der Waals surface area contributed by atoms with E-state index in [9.17, 15) is 9.18 Å². The van der Waals surface area contributed by atoms with Crippen LogP contribution >= 0.6 is 0 Å². The van der Waals surface area contributed by atoms with Crippen LogP contribution in [0.25, 0.3) is 0 Å². The Morgan fingerprint density at radius 3 is 2.75 bits per heavy atom. The second-order valence-electron chi connectivity index (χ2n) is 4.63. The van der Waals surface area contributed by atoms with Crippen molar-refractivity contribution in [1.29, 1.82) is 0 Å². The van der Waals surface area contributed by atoms with Crippen molar-refractivity contribution in [3.05, 3.63) is 65.0 Å². The smallest absolute Gasteiger partial charge is 0.335 e. The number of nitrogens with one attached hydrogen (secondary N) is 1.